The minimum atomic E-state index is -3.93. The third-order valence-corrected chi connectivity index (χ3v) is 6.69. The van der Waals surface area contributed by atoms with Crippen molar-refractivity contribution in [1.82, 2.24) is 9.21 Å². The Morgan fingerprint density at radius 3 is 2.57 bits per heavy atom. The third-order valence-electron chi connectivity index (χ3n) is 4.60. The number of likely N-dealkylation sites (N-methyl/N-ethyl adjacent to an activating group) is 2. The molecule has 23 heavy (non-hydrogen) atoms. The van der Waals surface area contributed by atoms with Crippen LogP contribution in [0.5, 0.6) is 0 Å². The van der Waals surface area contributed by atoms with Gasteiger partial charge >= 0.3 is 0 Å². The summed E-state index contributed by atoms with van der Waals surface area (Å²) in [5, 5.41) is 11.3. The summed E-state index contributed by atoms with van der Waals surface area (Å²) in [6.07, 6.45) is 1.68. The van der Waals surface area contributed by atoms with Gasteiger partial charge in [-0.3, -0.25) is 10.1 Å². The maximum Gasteiger partial charge on any atom is 0.289 e. The number of rotatable bonds is 4. The molecule has 0 bridgehead atoms. The lowest BCUT2D eigenvalue weighted by atomic mass is 10.1. The molecule has 0 saturated carbocycles. The molecule has 0 N–H and O–H groups in total. The van der Waals surface area contributed by atoms with Gasteiger partial charge in [-0.1, -0.05) is 6.07 Å². The second-order valence-electron chi connectivity index (χ2n) is 6.19. The van der Waals surface area contributed by atoms with Crippen LogP contribution in [-0.2, 0) is 10.0 Å². The topological polar surface area (TPSA) is 83.8 Å². The number of piperidine rings is 1. The number of likely N-dealkylation sites (tertiary alicyclic amines) is 1. The Kier molecular flexibility index (Phi) is 5.07. The van der Waals surface area contributed by atoms with Gasteiger partial charge in [0, 0.05) is 25.7 Å². The van der Waals surface area contributed by atoms with Crippen molar-refractivity contribution in [2.24, 2.45) is 0 Å². The normalized spacial score (nSPS) is 20.0. The smallest absolute Gasteiger partial charge is 0.289 e. The van der Waals surface area contributed by atoms with Crippen molar-refractivity contribution in [2.75, 3.05) is 27.2 Å². The van der Waals surface area contributed by atoms with Crippen LogP contribution in [0.3, 0.4) is 0 Å². The highest BCUT2D eigenvalue weighted by molar-refractivity contribution is 7.89. The van der Waals surface area contributed by atoms with Crippen LogP contribution >= 0.6 is 0 Å². The first-order chi connectivity index (χ1) is 10.7. The van der Waals surface area contributed by atoms with Crippen LogP contribution in [0.1, 0.15) is 24.0 Å². The first-order valence-corrected chi connectivity index (χ1v) is 9.01. The summed E-state index contributed by atoms with van der Waals surface area (Å²) in [7, 11) is -0.456. The van der Waals surface area contributed by atoms with Gasteiger partial charge in [0.05, 0.1) is 4.92 Å². The van der Waals surface area contributed by atoms with Gasteiger partial charge in [0.25, 0.3) is 5.69 Å². The molecular formula is C15H23N3O4S. The predicted octanol–water partition coefficient (Wildman–Crippen LogP) is 1.93. The van der Waals surface area contributed by atoms with Gasteiger partial charge in [-0.05, 0) is 51.4 Å². The second-order valence-corrected chi connectivity index (χ2v) is 8.13. The van der Waals surface area contributed by atoms with E-state index in [1.807, 2.05) is 7.05 Å². The standard InChI is InChI=1S/C15H23N3O4S/c1-11-7-8-14(18(19)20)15(12(11)2)23(21,22)17(4)13-6-5-9-16(3)10-13/h7-8,13H,5-6,9-10H2,1-4H3/t13-/m0/s1. The lowest BCUT2D eigenvalue weighted by Gasteiger charge is -2.35. The number of aryl methyl sites for hydroxylation is 1. The van der Waals surface area contributed by atoms with Gasteiger partial charge in [-0.2, -0.15) is 4.31 Å². The molecule has 2 rings (SSSR count). The van der Waals surface area contributed by atoms with Gasteiger partial charge in [0.2, 0.25) is 10.0 Å². The van der Waals surface area contributed by atoms with Crippen LogP contribution in [0, 0.1) is 24.0 Å². The second kappa shape index (κ2) is 6.54. The van der Waals surface area contributed by atoms with Crippen molar-refractivity contribution < 1.29 is 13.3 Å². The number of hydrogen-bond donors (Lipinski definition) is 0. The molecule has 1 fully saturated rings. The summed E-state index contributed by atoms with van der Waals surface area (Å²) >= 11 is 0. The summed E-state index contributed by atoms with van der Waals surface area (Å²) in [4.78, 5) is 12.6. The molecule has 0 aliphatic carbocycles. The first-order valence-electron chi connectivity index (χ1n) is 7.57. The largest absolute Gasteiger partial charge is 0.305 e. The zero-order valence-electron chi connectivity index (χ0n) is 13.9. The molecule has 7 nitrogen and oxygen atoms in total. The molecule has 0 aromatic heterocycles. The molecule has 1 atom stereocenters. The number of nitro groups is 1. The first kappa shape index (κ1) is 17.8. The Hall–Kier alpha value is -1.51. The van der Waals surface area contributed by atoms with Crippen molar-refractivity contribution >= 4 is 15.7 Å². The fourth-order valence-corrected chi connectivity index (χ4v) is 4.83. The van der Waals surface area contributed by atoms with Crippen molar-refractivity contribution in [1.29, 1.82) is 0 Å². The summed E-state index contributed by atoms with van der Waals surface area (Å²) in [6, 6.07) is 2.69. The van der Waals surface area contributed by atoms with Crippen molar-refractivity contribution in [3.05, 3.63) is 33.4 Å². The molecule has 8 heteroatoms. The van der Waals surface area contributed by atoms with E-state index in [0.717, 1.165) is 24.9 Å². The Morgan fingerprint density at radius 2 is 2.00 bits per heavy atom. The van der Waals surface area contributed by atoms with Crippen LogP contribution in [0.25, 0.3) is 0 Å². The van der Waals surface area contributed by atoms with Crippen LogP contribution in [0.2, 0.25) is 0 Å². The third kappa shape index (κ3) is 3.39. The highest BCUT2D eigenvalue weighted by Crippen LogP contribution is 2.33. The molecule has 0 amide bonds. The molecule has 0 spiro atoms. The quantitative estimate of drug-likeness (QED) is 0.617. The van der Waals surface area contributed by atoms with E-state index < -0.39 is 14.9 Å². The monoisotopic (exact) mass is 341 g/mol. The molecule has 0 unspecified atom stereocenters. The molecule has 0 radical (unpaired) electrons. The Labute approximate surface area is 137 Å². The zero-order chi connectivity index (χ0) is 17.4. The highest BCUT2D eigenvalue weighted by Gasteiger charge is 2.36. The minimum absolute atomic E-state index is 0.168. The van der Waals surface area contributed by atoms with Crippen LogP contribution in [0.4, 0.5) is 5.69 Å². The zero-order valence-corrected chi connectivity index (χ0v) is 14.8. The number of benzene rings is 1. The number of nitrogens with zero attached hydrogens (tertiary/aromatic N) is 3. The average molecular weight is 341 g/mol. The fraction of sp³-hybridized carbons (Fsp3) is 0.600. The van der Waals surface area contributed by atoms with Gasteiger partial charge in [0.15, 0.2) is 4.90 Å². The van der Waals surface area contributed by atoms with E-state index in [2.05, 4.69) is 4.90 Å². The van der Waals surface area contributed by atoms with Crippen LogP contribution in [-0.4, -0.2) is 55.8 Å². The van der Waals surface area contributed by atoms with Gasteiger partial charge < -0.3 is 4.90 Å². The van der Waals surface area contributed by atoms with E-state index in [4.69, 9.17) is 0 Å². The van der Waals surface area contributed by atoms with Crippen LogP contribution < -0.4 is 0 Å². The molecule has 128 valence electrons. The average Bonchev–Trinajstić information content (AvgIpc) is 2.48. The molecule has 1 saturated heterocycles. The van der Waals surface area contributed by atoms with Crippen molar-refractivity contribution in [3.63, 3.8) is 0 Å². The molecule has 1 aromatic carbocycles. The molecule has 1 aromatic rings. The number of sulfonamides is 1. The van der Waals surface area contributed by atoms with Gasteiger partial charge in [-0.25, -0.2) is 8.42 Å². The minimum Gasteiger partial charge on any atom is -0.305 e. The molecular weight excluding hydrogens is 318 g/mol. The number of hydrogen-bond acceptors (Lipinski definition) is 5. The maximum absolute atomic E-state index is 13.0. The predicted molar refractivity (Wildman–Crippen MR) is 88.0 cm³/mol. The summed E-state index contributed by atoms with van der Waals surface area (Å²) < 4.78 is 27.4. The summed E-state index contributed by atoms with van der Waals surface area (Å²) in [5.74, 6) is 0. The lowest BCUT2D eigenvalue weighted by molar-refractivity contribution is -0.388. The Bertz CT molecular complexity index is 718. The highest BCUT2D eigenvalue weighted by atomic mass is 32.2. The van der Waals surface area contributed by atoms with Gasteiger partial charge in [-0.15, -0.1) is 0 Å². The van der Waals surface area contributed by atoms with Crippen LogP contribution in [0.15, 0.2) is 17.0 Å². The molecule has 1 aliphatic rings. The number of nitro benzene ring substituents is 1. The lowest BCUT2D eigenvalue weighted by Crippen LogP contribution is -2.47. The van der Waals surface area contributed by atoms with E-state index in [0.29, 0.717) is 12.1 Å². The Balaban J connectivity index is 2.51. The summed E-state index contributed by atoms with van der Waals surface area (Å²) in [6.45, 7) is 4.95. The van der Waals surface area contributed by atoms with E-state index in [1.54, 1.807) is 19.9 Å². The van der Waals surface area contributed by atoms with E-state index in [-0.39, 0.29) is 16.6 Å². The van der Waals surface area contributed by atoms with E-state index in [1.165, 1.54) is 17.4 Å². The van der Waals surface area contributed by atoms with E-state index in [9.17, 15) is 18.5 Å². The van der Waals surface area contributed by atoms with Crippen molar-refractivity contribution in [2.45, 2.75) is 37.6 Å². The maximum atomic E-state index is 13.0. The van der Waals surface area contributed by atoms with Gasteiger partial charge in [0.1, 0.15) is 0 Å². The summed E-state index contributed by atoms with van der Waals surface area (Å²) in [5.41, 5.74) is 0.808. The SMILES string of the molecule is Cc1ccc([N+](=O)[O-])c(S(=O)(=O)N(C)[C@H]2CCCN(C)C2)c1C. The van der Waals surface area contributed by atoms with Crippen molar-refractivity contribution in [3.8, 4) is 0 Å². The molecule has 1 aliphatic heterocycles. The Morgan fingerprint density at radius 1 is 1.35 bits per heavy atom. The molecule has 1 heterocycles. The van der Waals surface area contributed by atoms with E-state index >= 15 is 0 Å². The fourth-order valence-electron chi connectivity index (χ4n) is 3.02.